The Bertz CT molecular complexity index is 606. The van der Waals surface area contributed by atoms with E-state index < -0.39 is 5.09 Å². The number of nitrogens with one attached hydrogen (secondary N) is 1. The van der Waals surface area contributed by atoms with Gasteiger partial charge in [0.2, 0.25) is 6.33 Å². The Kier molecular flexibility index (Phi) is 7.60. The molecule has 0 amide bonds. The van der Waals surface area contributed by atoms with Gasteiger partial charge in [-0.1, -0.05) is 34.0 Å². The molecule has 0 bridgehead atoms. The fraction of sp³-hybridized carbons (Fsp3) is 0.231. The second-order valence-corrected chi connectivity index (χ2v) is 4.88. The highest BCUT2D eigenvalue weighted by atomic mass is 79.9. The molecule has 2 aromatic rings. The van der Waals surface area contributed by atoms with E-state index in [-0.39, 0.29) is 12.7 Å². The van der Waals surface area contributed by atoms with Gasteiger partial charge in [-0.3, -0.25) is 0 Å². The summed E-state index contributed by atoms with van der Waals surface area (Å²) in [7, 11) is 0. The van der Waals surface area contributed by atoms with Gasteiger partial charge in [0.25, 0.3) is 5.09 Å². The molecule has 0 fully saturated rings. The van der Waals surface area contributed by atoms with Crippen molar-refractivity contribution in [3.63, 3.8) is 0 Å². The molecule has 1 heterocycles. The van der Waals surface area contributed by atoms with Crippen molar-refractivity contribution in [3.05, 3.63) is 57.1 Å². The standard InChI is InChI=1S/C13H12BrN3O.HNO3/c1-2-7-18-13(8-17-10-15-9-16-17)11-3-5-12(14)6-4-11;2-1(3)4/h1,3-6,9-10,13H,7-8H2;(H,2,3,4)/p+1. The fourth-order valence-electron chi connectivity index (χ4n) is 1.61. The maximum atomic E-state index is 8.36. The quantitative estimate of drug-likeness (QED) is 0.359. The van der Waals surface area contributed by atoms with Crippen molar-refractivity contribution in [2.45, 2.75) is 12.6 Å². The third-order valence-electron chi connectivity index (χ3n) is 2.48. The number of hydrogen-bond acceptors (Lipinski definition) is 4. The zero-order valence-corrected chi connectivity index (χ0v) is 13.0. The molecule has 0 saturated heterocycles. The van der Waals surface area contributed by atoms with E-state index in [1.54, 1.807) is 12.7 Å². The molecule has 8 nitrogen and oxygen atoms in total. The summed E-state index contributed by atoms with van der Waals surface area (Å²) < 4.78 is 8.56. The van der Waals surface area contributed by atoms with E-state index in [0.717, 1.165) is 10.0 Å². The van der Waals surface area contributed by atoms with Crippen molar-refractivity contribution in [2.24, 2.45) is 0 Å². The summed E-state index contributed by atoms with van der Waals surface area (Å²) >= 11 is 3.41. The number of aromatic nitrogens is 3. The van der Waals surface area contributed by atoms with Crippen LogP contribution in [0.3, 0.4) is 0 Å². The third-order valence-corrected chi connectivity index (χ3v) is 3.00. The van der Waals surface area contributed by atoms with Crippen molar-refractivity contribution in [2.75, 3.05) is 6.61 Å². The predicted molar refractivity (Wildman–Crippen MR) is 79.2 cm³/mol. The number of H-pyrrole nitrogens is 1. The van der Waals surface area contributed by atoms with E-state index in [2.05, 4.69) is 31.9 Å². The van der Waals surface area contributed by atoms with Crippen LogP contribution in [0.2, 0.25) is 0 Å². The first kappa shape index (κ1) is 17.6. The molecule has 0 saturated carbocycles. The Labute approximate surface area is 135 Å². The number of hydrogen-bond donors (Lipinski definition) is 2. The van der Waals surface area contributed by atoms with Crippen molar-refractivity contribution in [1.82, 2.24) is 10.1 Å². The monoisotopic (exact) mass is 369 g/mol. The first-order valence-corrected chi connectivity index (χ1v) is 6.84. The van der Waals surface area contributed by atoms with E-state index in [4.69, 9.17) is 26.5 Å². The number of rotatable bonds is 5. The van der Waals surface area contributed by atoms with Gasteiger partial charge in [-0.25, -0.2) is 0 Å². The highest BCUT2D eigenvalue weighted by molar-refractivity contribution is 9.10. The van der Waals surface area contributed by atoms with Crippen LogP contribution < -0.4 is 4.68 Å². The average molecular weight is 370 g/mol. The molecule has 2 N–H and O–H groups in total. The number of halogens is 1. The lowest BCUT2D eigenvalue weighted by atomic mass is 10.1. The summed E-state index contributed by atoms with van der Waals surface area (Å²) in [6, 6.07) is 8.00. The Morgan fingerprint density at radius 1 is 1.55 bits per heavy atom. The highest BCUT2D eigenvalue weighted by Gasteiger charge is 2.16. The molecule has 1 aromatic carbocycles. The van der Waals surface area contributed by atoms with Gasteiger partial charge in [0, 0.05) is 4.47 Å². The van der Waals surface area contributed by atoms with Crippen LogP contribution in [0.1, 0.15) is 11.7 Å². The Balaban J connectivity index is 0.000000541. The van der Waals surface area contributed by atoms with Gasteiger partial charge in [0.15, 0.2) is 0 Å². The second kappa shape index (κ2) is 9.49. The Morgan fingerprint density at radius 2 is 2.18 bits per heavy atom. The van der Waals surface area contributed by atoms with E-state index in [0.29, 0.717) is 6.54 Å². The maximum Gasteiger partial charge on any atom is 0.306 e. The minimum absolute atomic E-state index is 0.0976. The SMILES string of the molecule is C#CCOC(C[n+]1cnc[nH]1)c1ccc(Br)cc1.O=[N+]([O-])O. The summed E-state index contributed by atoms with van der Waals surface area (Å²) in [5.74, 6) is 2.49. The maximum absolute atomic E-state index is 8.36. The topological polar surface area (TPSA) is 105 Å². The van der Waals surface area contributed by atoms with Crippen LogP contribution in [-0.4, -0.2) is 27.0 Å². The van der Waals surface area contributed by atoms with Crippen molar-refractivity contribution >= 4 is 15.9 Å². The zero-order valence-electron chi connectivity index (χ0n) is 11.4. The van der Waals surface area contributed by atoms with Gasteiger partial charge in [-0.2, -0.15) is 9.78 Å². The van der Waals surface area contributed by atoms with Crippen molar-refractivity contribution < 1.29 is 19.7 Å². The van der Waals surface area contributed by atoms with Gasteiger partial charge in [0.1, 0.15) is 19.3 Å². The van der Waals surface area contributed by atoms with E-state index in [1.165, 1.54) is 0 Å². The lowest BCUT2D eigenvalue weighted by molar-refractivity contribution is -0.758. The molecule has 9 heteroatoms. The molecule has 0 spiro atoms. The van der Waals surface area contributed by atoms with Crippen LogP contribution >= 0.6 is 15.9 Å². The molecule has 22 heavy (non-hydrogen) atoms. The molecule has 0 aliphatic rings. The van der Waals surface area contributed by atoms with Gasteiger partial charge >= 0.3 is 6.33 Å². The van der Waals surface area contributed by atoms with Crippen LogP contribution in [0.25, 0.3) is 0 Å². The van der Waals surface area contributed by atoms with Gasteiger partial charge < -0.3 is 9.94 Å². The van der Waals surface area contributed by atoms with E-state index in [1.807, 2.05) is 28.9 Å². The number of nitrogens with zero attached hydrogens (tertiary/aromatic N) is 3. The molecule has 0 aliphatic heterocycles. The molecule has 2 rings (SSSR count). The molecule has 1 aromatic heterocycles. The summed E-state index contributed by atoms with van der Waals surface area (Å²) in [4.78, 5) is 12.3. The normalized spacial score (nSPS) is 10.9. The molecular weight excluding hydrogens is 356 g/mol. The van der Waals surface area contributed by atoms with E-state index >= 15 is 0 Å². The highest BCUT2D eigenvalue weighted by Crippen LogP contribution is 2.20. The summed E-state index contributed by atoms with van der Waals surface area (Å²) in [5, 5.41) is 16.6. The van der Waals surface area contributed by atoms with Crippen LogP contribution in [0.4, 0.5) is 0 Å². The lowest BCUT2D eigenvalue weighted by Gasteiger charge is -2.14. The fourth-order valence-corrected chi connectivity index (χ4v) is 1.88. The number of terminal acetylenes is 1. The molecule has 116 valence electrons. The van der Waals surface area contributed by atoms with E-state index in [9.17, 15) is 0 Å². The average Bonchev–Trinajstić information content (AvgIpc) is 2.97. The number of benzene rings is 1. The first-order valence-electron chi connectivity index (χ1n) is 6.04. The summed E-state index contributed by atoms with van der Waals surface area (Å²) in [6.07, 6.45) is 8.48. The Morgan fingerprint density at radius 3 is 2.68 bits per heavy atom. The molecule has 0 radical (unpaired) electrons. The molecule has 0 aliphatic carbocycles. The Hall–Kier alpha value is -2.44. The molecule has 1 unspecified atom stereocenters. The van der Waals surface area contributed by atoms with Gasteiger partial charge in [-0.05, 0) is 22.7 Å². The number of ether oxygens (including phenoxy) is 1. The summed E-state index contributed by atoms with van der Waals surface area (Å²) in [5.41, 5.74) is 1.08. The predicted octanol–water partition coefficient (Wildman–Crippen LogP) is 1.50. The zero-order chi connectivity index (χ0) is 16.4. The minimum Gasteiger partial charge on any atom is -0.357 e. The van der Waals surface area contributed by atoms with Gasteiger partial charge in [0.05, 0.1) is 0 Å². The molecule has 1 atom stereocenters. The first-order chi connectivity index (χ1) is 10.5. The smallest absolute Gasteiger partial charge is 0.306 e. The van der Waals surface area contributed by atoms with Gasteiger partial charge in [-0.15, -0.1) is 16.5 Å². The van der Waals surface area contributed by atoms with Crippen molar-refractivity contribution in [1.29, 1.82) is 0 Å². The minimum atomic E-state index is -1.50. The summed E-state index contributed by atoms with van der Waals surface area (Å²) in [6.45, 7) is 0.929. The van der Waals surface area contributed by atoms with Crippen LogP contribution in [-0.2, 0) is 11.3 Å². The second-order valence-electron chi connectivity index (χ2n) is 3.97. The van der Waals surface area contributed by atoms with Crippen LogP contribution in [0, 0.1) is 22.5 Å². The molecular formula is C13H14BrN4O4+. The third kappa shape index (κ3) is 6.83. The van der Waals surface area contributed by atoms with Crippen LogP contribution in [0.15, 0.2) is 41.4 Å². The lowest BCUT2D eigenvalue weighted by Crippen LogP contribution is -2.38. The largest absolute Gasteiger partial charge is 0.357 e. The van der Waals surface area contributed by atoms with Crippen LogP contribution in [0.5, 0.6) is 0 Å². The number of aromatic amines is 1. The van der Waals surface area contributed by atoms with Crippen molar-refractivity contribution in [3.8, 4) is 12.3 Å².